The average molecular weight is 219 g/mol. The lowest BCUT2D eigenvalue weighted by atomic mass is 10.00. The van der Waals surface area contributed by atoms with Crippen LogP contribution >= 0.6 is 0 Å². The Labute approximate surface area is 100 Å². The topological polar surface area (TPSA) is 3.24 Å². The van der Waals surface area contributed by atoms with Crippen LogP contribution in [0.2, 0.25) is 0 Å². The van der Waals surface area contributed by atoms with Crippen molar-refractivity contribution in [2.24, 2.45) is 5.92 Å². The molecule has 0 spiro atoms. The van der Waals surface area contributed by atoms with Gasteiger partial charge in [-0.05, 0) is 37.8 Å². The summed E-state index contributed by atoms with van der Waals surface area (Å²) in [5.41, 5.74) is 2.74. The predicted molar refractivity (Wildman–Crippen MR) is 73.1 cm³/mol. The third-order valence-electron chi connectivity index (χ3n) is 3.06. The van der Waals surface area contributed by atoms with Gasteiger partial charge in [-0.1, -0.05) is 38.5 Å². The van der Waals surface area contributed by atoms with Crippen LogP contribution in [-0.2, 0) is 0 Å². The highest BCUT2D eigenvalue weighted by molar-refractivity contribution is 5.47. The Kier molecular flexibility index (Phi) is 5.37. The van der Waals surface area contributed by atoms with Crippen molar-refractivity contribution in [3.63, 3.8) is 0 Å². The van der Waals surface area contributed by atoms with Crippen molar-refractivity contribution in [2.75, 3.05) is 18.0 Å². The number of piperidine rings is 1. The Morgan fingerprint density at radius 3 is 2.31 bits per heavy atom. The molecule has 1 aromatic carbocycles. The molecule has 0 radical (unpaired) electrons. The molecule has 1 aromatic rings. The highest BCUT2D eigenvalue weighted by Crippen LogP contribution is 2.22. The molecule has 0 aliphatic carbocycles. The van der Waals surface area contributed by atoms with E-state index in [2.05, 4.69) is 43.0 Å². The summed E-state index contributed by atoms with van der Waals surface area (Å²) in [5, 5.41) is 0. The van der Waals surface area contributed by atoms with Crippen molar-refractivity contribution in [2.45, 2.75) is 40.5 Å². The molecule has 1 atom stereocenters. The first-order valence-corrected chi connectivity index (χ1v) is 6.57. The van der Waals surface area contributed by atoms with E-state index >= 15 is 0 Å². The van der Waals surface area contributed by atoms with E-state index in [1.54, 1.807) is 0 Å². The monoisotopic (exact) mass is 219 g/mol. The van der Waals surface area contributed by atoms with Gasteiger partial charge < -0.3 is 4.90 Å². The zero-order valence-corrected chi connectivity index (χ0v) is 11.2. The van der Waals surface area contributed by atoms with Gasteiger partial charge in [0.15, 0.2) is 0 Å². The normalized spacial score (nSPS) is 20.0. The molecule has 1 heteroatoms. The van der Waals surface area contributed by atoms with E-state index in [-0.39, 0.29) is 0 Å². The van der Waals surface area contributed by atoms with Crippen LogP contribution in [-0.4, -0.2) is 13.1 Å². The largest absolute Gasteiger partial charge is 0.371 e. The molecule has 90 valence electrons. The molecule has 2 rings (SSSR count). The average Bonchev–Trinajstić information content (AvgIpc) is 2.32. The smallest absolute Gasteiger partial charge is 0.0366 e. The Balaban J connectivity index is 0.000000606. The second-order valence-corrected chi connectivity index (χ2v) is 4.53. The maximum atomic E-state index is 2.51. The molecule has 1 saturated heterocycles. The fraction of sp³-hybridized carbons (Fsp3) is 0.600. The maximum absolute atomic E-state index is 2.51. The second kappa shape index (κ2) is 6.57. The molecule has 1 nitrogen and oxygen atoms in total. The third-order valence-corrected chi connectivity index (χ3v) is 3.06. The zero-order chi connectivity index (χ0) is 12.0. The van der Waals surface area contributed by atoms with Crippen LogP contribution < -0.4 is 4.90 Å². The van der Waals surface area contributed by atoms with E-state index in [0.29, 0.717) is 0 Å². The van der Waals surface area contributed by atoms with Gasteiger partial charge in [0.2, 0.25) is 0 Å². The molecular weight excluding hydrogens is 194 g/mol. The molecule has 1 fully saturated rings. The van der Waals surface area contributed by atoms with E-state index in [0.717, 1.165) is 5.92 Å². The Hall–Kier alpha value is -0.980. The molecule has 0 aromatic heterocycles. The van der Waals surface area contributed by atoms with E-state index in [1.165, 1.54) is 37.2 Å². The van der Waals surface area contributed by atoms with Gasteiger partial charge in [-0.2, -0.15) is 0 Å². The first kappa shape index (κ1) is 13.1. The van der Waals surface area contributed by atoms with Gasteiger partial charge in [-0.3, -0.25) is 0 Å². The van der Waals surface area contributed by atoms with Crippen LogP contribution in [0.1, 0.15) is 39.2 Å². The molecule has 16 heavy (non-hydrogen) atoms. The van der Waals surface area contributed by atoms with Crippen LogP contribution in [0.5, 0.6) is 0 Å². The molecule has 1 heterocycles. The number of benzene rings is 1. The summed E-state index contributed by atoms with van der Waals surface area (Å²) >= 11 is 0. The molecular formula is C15H25N. The minimum atomic E-state index is 0.852. The van der Waals surface area contributed by atoms with Crippen molar-refractivity contribution in [1.82, 2.24) is 0 Å². The maximum Gasteiger partial charge on any atom is 0.0366 e. The van der Waals surface area contributed by atoms with Gasteiger partial charge in [0.1, 0.15) is 0 Å². The van der Waals surface area contributed by atoms with Gasteiger partial charge in [0.05, 0.1) is 0 Å². The van der Waals surface area contributed by atoms with Crippen molar-refractivity contribution in [3.05, 3.63) is 29.8 Å². The van der Waals surface area contributed by atoms with Gasteiger partial charge in [-0.25, -0.2) is 0 Å². The van der Waals surface area contributed by atoms with E-state index in [9.17, 15) is 0 Å². The van der Waals surface area contributed by atoms with Gasteiger partial charge in [0.25, 0.3) is 0 Å². The summed E-state index contributed by atoms with van der Waals surface area (Å²) in [6.07, 6.45) is 2.73. The van der Waals surface area contributed by atoms with E-state index in [4.69, 9.17) is 0 Å². The summed E-state index contributed by atoms with van der Waals surface area (Å²) in [7, 11) is 0. The number of nitrogens with zero attached hydrogens (tertiary/aromatic N) is 1. The highest BCUT2D eigenvalue weighted by Gasteiger charge is 2.15. The lowest BCUT2D eigenvalue weighted by Crippen LogP contribution is -2.34. The van der Waals surface area contributed by atoms with Crippen molar-refractivity contribution >= 4 is 5.69 Å². The number of hydrogen-bond acceptors (Lipinski definition) is 1. The fourth-order valence-corrected chi connectivity index (χ4v) is 2.18. The van der Waals surface area contributed by atoms with E-state index in [1.807, 2.05) is 13.8 Å². The number of hydrogen-bond donors (Lipinski definition) is 0. The fourth-order valence-electron chi connectivity index (χ4n) is 2.18. The Morgan fingerprint density at radius 1 is 1.12 bits per heavy atom. The van der Waals surface area contributed by atoms with Crippen LogP contribution in [0.3, 0.4) is 0 Å². The van der Waals surface area contributed by atoms with Gasteiger partial charge >= 0.3 is 0 Å². The van der Waals surface area contributed by atoms with Crippen LogP contribution in [0.25, 0.3) is 0 Å². The first-order chi connectivity index (χ1) is 7.75. The summed E-state index contributed by atoms with van der Waals surface area (Å²) in [6, 6.07) is 8.89. The third kappa shape index (κ3) is 3.55. The van der Waals surface area contributed by atoms with Crippen molar-refractivity contribution in [3.8, 4) is 0 Å². The SMILES string of the molecule is CC.Cc1ccc(N2CCCC(C)C2)cc1. The van der Waals surface area contributed by atoms with Gasteiger partial charge in [0, 0.05) is 18.8 Å². The quantitative estimate of drug-likeness (QED) is 0.682. The van der Waals surface area contributed by atoms with Crippen LogP contribution in [0.15, 0.2) is 24.3 Å². The molecule has 0 bridgehead atoms. The summed E-state index contributed by atoms with van der Waals surface area (Å²) in [5.74, 6) is 0.852. The molecule has 1 aliphatic heterocycles. The Bertz CT molecular complexity index is 289. The minimum absolute atomic E-state index is 0.852. The minimum Gasteiger partial charge on any atom is -0.371 e. The molecule has 0 amide bonds. The molecule has 1 aliphatic rings. The number of anilines is 1. The van der Waals surface area contributed by atoms with E-state index < -0.39 is 0 Å². The molecule has 0 N–H and O–H groups in total. The second-order valence-electron chi connectivity index (χ2n) is 4.53. The number of aryl methyl sites for hydroxylation is 1. The standard InChI is InChI=1S/C13H19N.C2H6/c1-11-5-7-13(8-6-11)14-9-3-4-12(2)10-14;1-2/h5-8,12H,3-4,9-10H2,1-2H3;1-2H3. The van der Waals surface area contributed by atoms with Gasteiger partial charge in [-0.15, -0.1) is 0 Å². The first-order valence-electron chi connectivity index (χ1n) is 6.57. The highest BCUT2D eigenvalue weighted by atomic mass is 15.1. The predicted octanol–water partition coefficient (Wildman–Crippen LogP) is 4.26. The summed E-state index contributed by atoms with van der Waals surface area (Å²) in [6.45, 7) is 10.9. The number of rotatable bonds is 1. The van der Waals surface area contributed by atoms with Crippen LogP contribution in [0.4, 0.5) is 5.69 Å². The van der Waals surface area contributed by atoms with Crippen molar-refractivity contribution < 1.29 is 0 Å². The lowest BCUT2D eigenvalue weighted by molar-refractivity contribution is 0.447. The zero-order valence-electron chi connectivity index (χ0n) is 11.2. The lowest BCUT2D eigenvalue weighted by Gasteiger charge is -2.32. The molecule has 1 unspecified atom stereocenters. The van der Waals surface area contributed by atoms with Crippen molar-refractivity contribution in [1.29, 1.82) is 0 Å². The summed E-state index contributed by atoms with van der Waals surface area (Å²) < 4.78 is 0. The summed E-state index contributed by atoms with van der Waals surface area (Å²) in [4.78, 5) is 2.51. The molecule has 0 saturated carbocycles. The van der Waals surface area contributed by atoms with Crippen LogP contribution in [0, 0.1) is 12.8 Å². The Morgan fingerprint density at radius 2 is 1.75 bits per heavy atom.